The predicted molar refractivity (Wildman–Crippen MR) is 68.1 cm³/mol. The third-order valence-electron chi connectivity index (χ3n) is 3.61. The van der Waals surface area contributed by atoms with Crippen molar-refractivity contribution in [1.82, 2.24) is 9.97 Å². The number of aliphatic hydroxyl groups is 1. The lowest BCUT2D eigenvalue weighted by Gasteiger charge is -2.29. The van der Waals surface area contributed by atoms with Crippen LogP contribution in [0.5, 0.6) is 0 Å². The molecule has 0 amide bonds. The van der Waals surface area contributed by atoms with E-state index in [1.807, 2.05) is 6.92 Å². The van der Waals surface area contributed by atoms with Crippen LogP contribution in [-0.4, -0.2) is 34.3 Å². The van der Waals surface area contributed by atoms with Crippen LogP contribution >= 0.6 is 0 Å². The molecule has 5 heteroatoms. The molecule has 0 aromatic carbocycles. The van der Waals surface area contributed by atoms with E-state index in [1.54, 1.807) is 11.9 Å². The Morgan fingerprint density at radius 2 is 2.06 bits per heavy atom. The number of likely N-dealkylation sites (N-methyl/N-ethyl adjacent to an activating group) is 1. The zero-order valence-corrected chi connectivity index (χ0v) is 11.0. The molecule has 1 N–H and O–H groups in total. The van der Waals surface area contributed by atoms with Crippen LogP contribution in [0.25, 0.3) is 0 Å². The van der Waals surface area contributed by atoms with Gasteiger partial charge in [-0.1, -0.05) is 19.8 Å². The minimum Gasteiger partial charge on any atom is -0.388 e. The fourth-order valence-corrected chi connectivity index (χ4v) is 2.62. The molecule has 18 heavy (non-hydrogen) atoms. The second-order valence-electron chi connectivity index (χ2n) is 5.10. The third-order valence-corrected chi connectivity index (χ3v) is 3.61. The van der Waals surface area contributed by atoms with Gasteiger partial charge in [-0.25, -0.2) is 14.4 Å². The zero-order chi connectivity index (χ0) is 13.2. The van der Waals surface area contributed by atoms with Crippen molar-refractivity contribution in [2.24, 2.45) is 0 Å². The fraction of sp³-hybridized carbons (Fsp3) is 0.692. The van der Waals surface area contributed by atoms with Crippen molar-refractivity contribution in [3.63, 3.8) is 0 Å². The van der Waals surface area contributed by atoms with E-state index in [-0.39, 0.29) is 11.6 Å². The molecule has 1 fully saturated rings. The summed E-state index contributed by atoms with van der Waals surface area (Å²) in [6.45, 7) is 2.28. The molecule has 1 aliphatic carbocycles. The largest absolute Gasteiger partial charge is 0.388 e. The fourth-order valence-electron chi connectivity index (χ4n) is 2.62. The summed E-state index contributed by atoms with van der Waals surface area (Å²) in [5.74, 6) is -0.0914. The van der Waals surface area contributed by atoms with E-state index in [0.717, 1.165) is 25.7 Å². The molecule has 1 aromatic heterocycles. The van der Waals surface area contributed by atoms with Gasteiger partial charge in [0.1, 0.15) is 6.33 Å². The van der Waals surface area contributed by atoms with Crippen LogP contribution in [-0.2, 0) is 6.42 Å². The molecule has 4 nitrogen and oxygen atoms in total. The normalized spacial score (nSPS) is 18.0. The molecule has 0 spiro atoms. The lowest BCUT2D eigenvalue weighted by atomic mass is 10.0. The van der Waals surface area contributed by atoms with Crippen molar-refractivity contribution in [3.05, 3.63) is 17.8 Å². The predicted octanol–water partition coefficient (Wildman–Crippen LogP) is 1.92. The first-order valence-corrected chi connectivity index (χ1v) is 6.48. The van der Waals surface area contributed by atoms with Gasteiger partial charge in [0.15, 0.2) is 11.6 Å². The van der Waals surface area contributed by atoms with Crippen molar-refractivity contribution in [3.8, 4) is 0 Å². The van der Waals surface area contributed by atoms with Gasteiger partial charge in [-0.05, 0) is 19.3 Å². The Balaban J connectivity index is 2.15. The van der Waals surface area contributed by atoms with Crippen molar-refractivity contribution >= 4 is 5.82 Å². The maximum Gasteiger partial charge on any atom is 0.187 e. The Bertz CT molecular complexity index is 419. The van der Waals surface area contributed by atoms with Gasteiger partial charge in [-0.15, -0.1) is 0 Å². The molecule has 1 aliphatic rings. The van der Waals surface area contributed by atoms with Crippen molar-refractivity contribution in [1.29, 1.82) is 0 Å². The van der Waals surface area contributed by atoms with Gasteiger partial charge < -0.3 is 10.0 Å². The molecular weight excluding hydrogens is 233 g/mol. The summed E-state index contributed by atoms with van der Waals surface area (Å²) in [4.78, 5) is 9.60. The first-order chi connectivity index (χ1) is 8.56. The molecule has 0 bridgehead atoms. The number of hydrogen-bond donors (Lipinski definition) is 1. The highest BCUT2D eigenvalue weighted by atomic mass is 19.1. The molecular formula is C13H20FN3O. The Morgan fingerprint density at radius 1 is 1.39 bits per heavy atom. The van der Waals surface area contributed by atoms with Crippen molar-refractivity contribution < 1.29 is 9.50 Å². The summed E-state index contributed by atoms with van der Waals surface area (Å²) in [5, 5.41) is 10.3. The minimum absolute atomic E-state index is 0.280. The molecule has 100 valence electrons. The number of aryl methyl sites for hydroxylation is 1. The van der Waals surface area contributed by atoms with Gasteiger partial charge in [-0.3, -0.25) is 0 Å². The summed E-state index contributed by atoms with van der Waals surface area (Å²) >= 11 is 0. The molecule has 0 saturated heterocycles. The Hall–Kier alpha value is -1.23. The summed E-state index contributed by atoms with van der Waals surface area (Å²) in [6.07, 6.45) is 5.56. The summed E-state index contributed by atoms with van der Waals surface area (Å²) in [5.41, 5.74) is -0.274. The van der Waals surface area contributed by atoms with Crippen LogP contribution < -0.4 is 4.90 Å². The smallest absolute Gasteiger partial charge is 0.187 e. The van der Waals surface area contributed by atoms with Crippen LogP contribution in [0.3, 0.4) is 0 Å². The molecule has 1 saturated carbocycles. The van der Waals surface area contributed by atoms with E-state index in [0.29, 0.717) is 18.7 Å². The average molecular weight is 253 g/mol. The van der Waals surface area contributed by atoms with Gasteiger partial charge in [0.05, 0.1) is 11.3 Å². The number of nitrogens with zero attached hydrogens (tertiary/aromatic N) is 3. The zero-order valence-electron chi connectivity index (χ0n) is 11.0. The van der Waals surface area contributed by atoms with Gasteiger partial charge in [0.2, 0.25) is 0 Å². The maximum absolute atomic E-state index is 14.1. The first-order valence-electron chi connectivity index (χ1n) is 6.48. The monoisotopic (exact) mass is 253 g/mol. The van der Waals surface area contributed by atoms with Crippen molar-refractivity contribution in [2.45, 2.75) is 44.6 Å². The molecule has 0 unspecified atom stereocenters. The Kier molecular flexibility index (Phi) is 3.80. The Morgan fingerprint density at radius 3 is 2.67 bits per heavy atom. The number of hydrogen-bond acceptors (Lipinski definition) is 4. The highest BCUT2D eigenvalue weighted by Crippen LogP contribution is 2.31. The van der Waals surface area contributed by atoms with Crippen molar-refractivity contribution in [2.75, 3.05) is 18.5 Å². The van der Waals surface area contributed by atoms with Gasteiger partial charge in [0.25, 0.3) is 0 Å². The molecule has 0 radical (unpaired) electrons. The number of anilines is 1. The standard InChI is InChI=1S/C13H20FN3O/c1-3-10-11(14)12(16-9-15-10)17(2)8-13(18)6-4-5-7-13/h9,18H,3-8H2,1-2H3. The lowest BCUT2D eigenvalue weighted by Crippen LogP contribution is -2.40. The molecule has 1 aromatic rings. The van der Waals surface area contributed by atoms with Gasteiger partial charge in [-0.2, -0.15) is 0 Å². The van der Waals surface area contributed by atoms with E-state index >= 15 is 0 Å². The highest BCUT2D eigenvalue weighted by molar-refractivity contribution is 5.40. The van der Waals surface area contributed by atoms with Gasteiger partial charge >= 0.3 is 0 Å². The average Bonchev–Trinajstić information content (AvgIpc) is 2.76. The SMILES string of the molecule is CCc1ncnc(N(C)CC2(O)CCCC2)c1F. The van der Waals surface area contributed by atoms with E-state index in [4.69, 9.17) is 0 Å². The topological polar surface area (TPSA) is 49.2 Å². The van der Waals surface area contributed by atoms with E-state index < -0.39 is 5.60 Å². The third kappa shape index (κ3) is 2.61. The number of aromatic nitrogens is 2. The Labute approximate surface area is 107 Å². The first kappa shape index (κ1) is 13.2. The summed E-state index contributed by atoms with van der Waals surface area (Å²) in [7, 11) is 1.77. The quantitative estimate of drug-likeness (QED) is 0.890. The van der Waals surface area contributed by atoms with Crippen LogP contribution in [0, 0.1) is 5.82 Å². The van der Waals surface area contributed by atoms with Gasteiger partial charge in [0, 0.05) is 13.6 Å². The summed E-state index contributed by atoms with van der Waals surface area (Å²) < 4.78 is 14.1. The molecule has 0 atom stereocenters. The number of rotatable bonds is 4. The van der Waals surface area contributed by atoms with Crippen LogP contribution in [0.4, 0.5) is 10.2 Å². The van der Waals surface area contributed by atoms with E-state index in [9.17, 15) is 9.50 Å². The molecule has 0 aliphatic heterocycles. The van der Waals surface area contributed by atoms with Crippen LogP contribution in [0.15, 0.2) is 6.33 Å². The summed E-state index contributed by atoms with van der Waals surface area (Å²) in [6, 6.07) is 0. The highest BCUT2D eigenvalue weighted by Gasteiger charge is 2.33. The second-order valence-corrected chi connectivity index (χ2v) is 5.10. The maximum atomic E-state index is 14.1. The van der Waals surface area contributed by atoms with Crippen LogP contribution in [0.2, 0.25) is 0 Å². The van der Waals surface area contributed by atoms with E-state index in [2.05, 4.69) is 9.97 Å². The van der Waals surface area contributed by atoms with E-state index in [1.165, 1.54) is 6.33 Å². The minimum atomic E-state index is -0.696. The van der Waals surface area contributed by atoms with Crippen LogP contribution in [0.1, 0.15) is 38.3 Å². The second kappa shape index (κ2) is 5.18. The molecule has 2 rings (SSSR count). The number of halogens is 1. The lowest BCUT2D eigenvalue weighted by molar-refractivity contribution is 0.0556. The molecule has 1 heterocycles.